The molecule has 0 bridgehead atoms. The van der Waals surface area contributed by atoms with Crippen LogP contribution in [0.2, 0.25) is 0 Å². The van der Waals surface area contributed by atoms with E-state index in [1.165, 1.54) is 0 Å². The minimum absolute atomic E-state index is 0.112. The van der Waals surface area contributed by atoms with Crippen molar-refractivity contribution in [1.82, 2.24) is 5.32 Å². The average molecular weight is 209 g/mol. The number of benzene rings is 1. The van der Waals surface area contributed by atoms with Crippen molar-refractivity contribution < 1.29 is 14.8 Å². The Morgan fingerprint density at radius 2 is 1.93 bits per heavy atom. The molecule has 4 nitrogen and oxygen atoms in total. The Morgan fingerprint density at radius 1 is 1.20 bits per heavy atom. The maximum absolute atomic E-state index is 9.58. The van der Waals surface area contributed by atoms with Crippen LogP contribution in [0.4, 0.5) is 0 Å². The van der Waals surface area contributed by atoms with Gasteiger partial charge >= 0.3 is 7.12 Å². The minimum Gasteiger partial charge on any atom is -0.423 e. The molecule has 1 aromatic carbocycles. The van der Waals surface area contributed by atoms with E-state index in [1.807, 2.05) is 30.3 Å². The highest BCUT2D eigenvalue weighted by Gasteiger charge is 2.14. The molecule has 0 aliphatic rings. The zero-order valence-corrected chi connectivity index (χ0v) is 8.60. The third-order valence-corrected chi connectivity index (χ3v) is 1.93. The Kier molecular flexibility index (Phi) is 6.03. The van der Waals surface area contributed by atoms with Crippen LogP contribution in [-0.4, -0.2) is 43.6 Å². The molecule has 0 aliphatic heterocycles. The third kappa shape index (κ3) is 4.94. The summed E-state index contributed by atoms with van der Waals surface area (Å²) in [4.78, 5) is 0. The van der Waals surface area contributed by atoms with Gasteiger partial charge in [0.2, 0.25) is 0 Å². The molecule has 0 atom stereocenters. The number of nitrogens with one attached hydrogen (secondary N) is 1. The first kappa shape index (κ1) is 12.2. The Labute approximate surface area is 90.0 Å². The topological polar surface area (TPSA) is 61.7 Å². The fourth-order valence-electron chi connectivity index (χ4n) is 1.16. The molecule has 0 saturated heterocycles. The third-order valence-electron chi connectivity index (χ3n) is 1.93. The SMILES string of the molecule is OCCNCCOB(O)c1ccccc1. The molecule has 82 valence electrons. The number of rotatable bonds is 7. The zero-order valence-electron chi connectivity index (χ0n) is 8.60. The van der Waals surface area contributed by atoms with Gasteiger partial charge in [-0.3, -0.25) is 0 Å². The van der Waals surface area contributed by atoms with Gasteiger partial charge in [-0.05, 0) is 5.46 Å². The summed E-state index contributed by atoms with van der Waals surface area (Å²) in [5, 5.41) is 21.0. The Bertz CT molecular complexity index is 258. The molecule has 15 heavy (non-hydrogen) atoms. The molecule has 0 radical (unpaired) electrons. The molecule has 0 amide bonds. The molecule has 3 N–H and O–H groups in total. The van der Waals surface area contributed by atoms with Crippen LogP contribution in [-0.2, 0) is 4.65 Å². The second kappa shape index (κ2) is 7.42. The van der Waals surface area contributed by atoms with Crippen molar-refractivity contribution in [2.75, 3.05) is 26.3 Å². The lowest BCUT2D eigenvalue weighted by Crippen LogP contribution is -2.36. The first-order valence-corrected chi connectivity index (χ1v) is 5.01. The number of aliphatic hydroxyl groups excluding tert-OH is 1. The highest BCUT2D eigenvalue weighted by Crippen LogP contribution is 1.87. The van der Waals surface area contributed by atoms with Crippen LogP contribution in [0.3, 0.4) is 0 Å². The Morgan fingerprint density at radius 3 is 2.60 bits per heavy atom. The van der Waals surface area contributed by atoms with Crippen LogP contribution in [0.15, 0.2) is 30.3 Å². The average Bonchev–Trinajstić information content (AvgIpc) is 2.30. The van der Waals surface area contributed by atoms with E-state index in [0.717, 1.165) is 5.46 Å². The molecule has 5 heteroatoms. The van der Waals surface area contributed by atoms with Gasteiger partial charge in [-0.15, -0.1) is 0 Å². The predicted molar refractivity (Wildman–Crippen MR) is 60.0 cm³/mol. The maximum Gasteiger partial charge on any atom is 0.491 e. The van der Waals surface area contributed by atoms with E-state index < -0.39 is 7.12 Å². The van der Waals surface area contributed by atoms with E-state index in [4.69, 9.17) is 9.76 Å². The molecule has 0 aromatic heterocycles. The fourth-order valence-corrected chi connectivity index (χ4v) is 1.16. The Balaban J connectivity index is 2.16. The summed E-state index contributed by atoms with van der Waals surface area (Å²) in [6.45, 7) is 1.69. The highest BCUT2D eigenvalue weighted by molar-refractivity contribution is 6.59. The lowest BCUT2D eigenvalue weighted by Gasteiger charge is -2.08. The second-order valence-corrected chi connectivity index (χ2v) is 3.11. The summed E-state index contributed by atoms with van der Waals surface area (Å²) >= 11 is 0. The molecular formula is C10H16BNO3. The van der Waals surface area contributed by atoms with Crippen molar-refractivity contribution >= 4 is 12.6 Å². The predicted octanol–water partition coefficient (Wildman–Crippen LogP) is -1.03. The second-order valence-electron chi connectivity index (χ2n) is 3.11. The van der Waals surface area contributed by atoms with Crippen molar-refractivity contribution in [2.45, 2.75) is 0 Å². The van der Waals surface area contributed by atoms with Crippen LogP contribution in [0.1, 0.15) is 0 Å². The molecule has 0 spiro atoms. The summed E-state index contributed by atoms with van der Waals surface area (Å²) in [7, 11) is -0.873. The molecule has 0 heterocycles. The van der Waals surface area contributed by atoms with E-state index >= 15 is 0 Å². The van der Waals surface area contributed by atoms with Gasteiger partial charge in [-0.1, -0.05) is 30.3 Å². The quantitative estimate of drug-likeness (QED) is 0.397. The summed E-state index contributed by atoms with van der Waals surface area (Å²) in [5.74, 6) is 0. The highest BCUT2D eigenvalue weighted by atomic mass is 16.5. The largest absolute Gasteiger partial charge is 0.491 e. The smallest absolute Gasteiger partial charge is 0.423 e. The van der Waals surface area contributed by atoms with Crippen molar-refractivity contribution in [2.24, 2.45) is 0 Å². The molecule has 1 rings (SSSR count). The molecule has 0 aliphatic carbocycles. The normalized spacial score (nSPS) is 10.3. The summed E-state index contributed by atoms with van der Waals surface area (Å²) in [6.07, 6.45) is 0. The number of hydrogen-bond acceptors (Lipinski definition) is 4. The maximum atomic E-state index is 9.58. The van der Waals surface area contributed by atoms with Crippen molar-refractivity contribution in [1.29, 1.82) is 0 Å². The van der Waals surface area contributed by atoms with Gasteiger partial charge in [0.15, 0.2) is 0 Å². The molecule has 0 fully saturated rings. The molecule has 0 saturated carbocycles. The van der Waals surface area contributed by atoms with E-state index in [9.17, 15) is 5.02 Å². The van der Waals surface area contributed by atoms with E-state index in [0.29, 0.717) is 19.7 Å². The van der Waals surface area contributed by atoms with Crippen molar-refractivity contribution in [3.63, 3.8) is 0 Å². The van der Waals surface area contributed by atoms with Crippen molar-refractivity contribution in [3.05, 3.63) is 30.3 Å². The number of aliphatic hydroxyl groups is 1. The summed E-state index contributed by atoms with van der Waals surface area (Å²) in [6, 6.07) is 9.22. The van der Waals surface area contributed by atoms with Gasteiger partial charge in [0, 0.05) is 19.7 Å². The first-order chi connectivity index (χ1) is 7.34. The van der Waals surface area contributed by atoms with Crippen LogP contribution in [0, 0.1) is 0 Å². The summed E-state index contributed by atoms with van der Waals surface area (Å²) in [5.41, 5.74) is 0.750. The van der Waals surface area contributed by atoms with E-state index in [2.05, 4.69) is 5.32 Å². The molecule has 1 aromatic rings. The van der Waals surface area contributed by atoms with E-state index in [-0.39, 0.29) is 6.61 Å². The van der Waals surface area contributed by atoms with Gasteiger partial charge < -0.3 is 20.1 Å². The molecule has 0 unspecified atom stereocenters. The number of hydrogen-bond donors (Lipinski definition) is 3. The lowest BCUT2D eigenvalue weighted by molar-refractivity contribution is 0.256. The zero-order chi connectivity index (χ0) is 10.9. The Hall–Kier alpha value is -0.875. The van der Waals surface area contributed by atoms with Gasteiger partial charge in [-0.2, -0.15) is 0 Å². The van der Waals surface area contributed by atoms with Crippen molar-refractivity contribution in [3.8, 4) is 0 Å². The molecular weight excluding hydrogens is 193 g/mol. The standard InChI is InChI=1S/C10H16BNO3/c13-8-6-12-7-9-15-11(14)10-4-2-1-3-5-10/h1-5,12-14H,6-9H2. The van der Waals surface area contributed by atoms with Gasteiger partial charge in [0.1, 0.15) is 0 Å². The van der Waals surface area contributed by atoms with E-state index in [1.54, 1.807) is 0 Å². The monoisotopic (exact) mass is 209 g/mol. The first-order valence-electron chi connectivity index (χ1n) is 5.01. The van der Waals surface area contributed by atoms with Gasteiger partial charge in [0.05, 0.1) is 6.61 Å². The lowest BCUT2D eigenvalue weighted by atomic mass is 9.80. The fraction of sp³-hybridized carbons (Fsp3) is 0.400. The minimum atomic E-state index is -0.873. The van der Waals surface area contributed by atoms with Crippen LogP contribution >= 0.6 is 0 Å². The van der Waals surface area contributed by atoms with Crippen LogP contribution in [0.25, 0.3) is 0 Å². The van der Waals surface area contributed by atoms with Crippen LogP contribution in [0.5, 0.6) is 0 Å². The van der Waals surface area contributed by atoms with Gasteiger partial charge in [-0.25, -0.2) is 0 Å². The van der Waals surface area contributed by atoms with Crippen LogP contribution < -0.4 is 10.8 Å². The summed E-state index contributed by atoms with van der Waals surface area (Å²) < 4.78 is 5.19. The van der Waals surface area contributed by atoms with Gasteiger partial charge in [0.25, 0.3) is 0 Å².